The zero-order valence-electron chi connectivity index (χ0n) is 29.1. The third-order valence-corrected chi connectivity index (χ3v) is 11.1. The average molecular weight is 681 g/mol. The van der Waals surface area contributed by atoms with Crippen LogP contribution in [0.1, 0.15) is 73.8 Å². The fourth-order valence-corrected chi connectivity index (χ4v) is 8.99. The first kappa shape index (κ1) is 36.0. The minimum atomic E-state index is -1.54. The molecule has 264 valence electrons. The average Bonchev–Trinajstić information content (AvgIpc) is 3.67. The van der Waals surface area contributed by atoms with Gasteiger partial charge in [-0.15, -0.1) is 0 Å². The minimum Gasteiger partial charge on any atom is -0.462 e. The third-order valence-electron chi connectivity index (χ3n) is 11.1. The van der Waals surface area contributed by atoms with Crippen LogP contribution in [0.5, 0.6) is 0 Å². The van der Waals surface area contributed by atoms with Gasteiger partial charge in [-0.05, 0) is 24.1 Å². The number of carbonyl (C=O) groups is 6. The standard InChI is InChI=1S/C37H44O12/c1-19-26(48-29(43)16-15-24-13-11-10-12-14-24)18-28(44-20(2)38)35(8)30(19)31(45-21(3)39)25-17-27(42)36(9)37(49-36,34(25,6)7)33(47-23(5)41)32(35)46-22(4)40/h10-16,25-26,28,30-33H,1,17-18H2,2-9H3/b16-15+/t25-,26-,28-,30-,31+,32-,33-,35+,36+,37-/m0/s1. The molecule has 1 aliphatic heterocycles. The number of benzene rings is 1. The maximum Gasteiger partial charge on any atom is 0.331 e. The molecule has 2 bridgehead atoms. The van der Waals surface area contributed by atoms with Crippen molar-refractivity contribution in [1.29, 1.82) is 0 Å². The minimum absolute atomic E-state index is 0.0867. The van der Waals surface area contributed by atoms with Gasteiger partial charge in [0.05, 0.1) is 5.41 Å². The zero-order valence-corrected chi connectivity index (χ0v) is 29.1. The second-order valence-electron chi connectivity index (χ2n) is 14.4. The summed E-state index contributed by atoms with van der Waals surface area (Å²) in [5.74, 6) is -5.70. The van der Waals surface area contributed by atoms with Gasteiger partial charge in [0.2, 0.25) is 0 Å². The summed E-state index contributed by atoms with van der Waals surface area (Å²) in [5.41, 5.74) is -4.54. The van der Waals surface area contributed by atoms with E-state index in [1.165, 1.54) is 33.8 Å². The molecule has 0 N–H and O–H groups in total. The second kappa shape index (κ2) is 12.5. The number of carbonyl (C=O) groups excluding carboxylic acids is 6. The lowest BCUT2D eigenvalue weighted by atomic mass is 9.45. The fraction of sp³-hybridized carbons (Fsp3) is 0.568. The number of rotatable bonds is 7. The Morgan fingerprint density at radius 1 is 0.816 bits per heavy atom. The van der Waals surface area contributed by atoms with Gasteiger partial charge in [-0.3, -0.25) is 24.0 Å². The summed E-state index contributed by atoms with van der Waals surface area (Å²) in [6.07, 6.45) is -3.56. The van der Waals surface area contributed by atoms with E-state index in [1.807, 2.05) is 44.2 Å². The van der Waals surface area contributed by atoms with Crippen LogP contribution in [0.4, 0.5) is 0 Å². The maximum absolute atomic E-state index is 14.0. The zero-order chi connectivity index (χ0) is 36.3. The highest BCUT2D eigenvalue weighted by Crippen LogP contribution is 2.72. The van der Waals surface area contributed by atoms with Gasteiger partial charge in [0.1, 0.15) is 18.3 Å². The molecular formula is C37H44O12. The number of fused-ring (bicyclic) bond motifs is 2. The first-order valence-corrected chi connectivity index (χ1v) is 16.4. The van der Waals surface area contributed by atoms with E-state index in [-0.39, 0.29) is 24.2 Å². The van der Waals surface area contributed by atoms with Crippen LogP contribution >= 0.6 is 0 Å². The van der Waals surface area contributed by atoms with Crippen molar-refractivity contribution >= 4 is 41.7 Å². The van der Waals surface area contributed by atoms with E-state index in [0.717, 1.165) is 5.56 Å². The molecule has 12 nitrogen and oxygen atoms in total. The van der Waals surface area contributed by atoms with E-state index in [4.69, 9.17) is 28.4 Å². The topological polar surface area (TPSA) is 161 Å². The van der Waals surface area contributed by atoms with Crippen molar-refractivity contribution in [2.45, 2.75) is 110 Å². The molecule has 4 aliphatic rings. The SMILES string of the molecule is C=C1[C@@H](OC(=O)/C=C/c2ccccc2)C[C@H](OC(C)=O)[C@@]2(C)[C@@H](OC(C)=O)[C@H](OC(C)=O)[C@@]34O[C@]3(C)C(=O)C[C@@H]([C@@H](OC(C)=O)[C@H]12)C4(C)C. The fourth-order valence-electron chi connectivity index (χ4n) is 8.99. The second-order valence-corrected chi connectivity index (χ2v) is 14.4. The van der Waals surface area contributed by atoms with Gasteiger partial charge in [-0.25, -0.2) is 4.79 Å². The Kier molecular flexibility index (Phi) is 9.20. The molecule has 1 spiro atoms. The number of esters is 5. The Balaban J connectivity index is 1.73. The smallest absolute Gasteiger partial charge is 0.331 e. The van der Waals surface area contributed by atoms with E-state index in [1.54, 1.807) is 19.9 Å². The van der Waals surface area contributed by atoms with Crippen LogP contribution in [-0.2, 0) is 57.2 Å². The third kappa shape index (κ3) is 5.77. The number of Topliss-reactive ketones (excluding diaryl/α,β-unsaturated/α-hetero) is 1. The van der Waals surface area contributed by atoms with Gasteiger partial charge < -0.3 is 28.4 Å². The van der Waals surface area contributed by atoms with E-state index < -0.39 is 94.2 Å². The van der Waals surface area contributed by atoms with Crippen molar-refractivity contribution < 1.29 is 57.2 Å². The Labute approximate surface area is 285 Å². The van der Waals surface area contributed by atoms with E-state index in [0.29, 0.717) is 0 Å². The molecule has 1 aromatic rings. The molecule has 1 aromatic carbocycles. The van der Waals surface area contributed by atoms with Gasteiger partial charge in [0, 0.05) is 63.9 Å². The summed E-state index contributed by atoms with van der Waals surface area (Å²) in [6, 6.07) is 9.11. The lowest BCUT2D eigenvalue weighted by molar-refractivity contribution is -0.251. The van der Waals surface area contributed by atoms with Gasteiger partial charge in [-0.2, -0.15) is 0 Å². The normalized spacial score (nSPS) is 37.3. The molecule has 5 rings (SSSR count). The largest absolute Gasteiger partial charge is 0.462 e. The summed E-state index contributed by atoms with van der Waals surface area (Å²) in [4.78, 5) is 78.7. The molecule has 4 fully saturated rings. The van der Waals surface area contributed by atoms with Crippen LogP contribution in [-0.4, -0.2) is 77.4 Å². The molecule has 0 radical (unpaired) electrons. The highest BCUT2D eigenvalue weighted by Gasteiger charge is 2.88. The van der Waals surface area contributed by atoms with E-state index >= 15 is 0 Å². The van der Waals surface area contributed by atoms with Crippen LogP contribution in [0, 0.1) is 22.7 Å². The van der Waals surface area contributed by atoms with Crippen molar-refractivity contribution in [2.24, 2.45) is 22.7 Å². The van der Waals surface area contributed by atoms with Crippen LogP contribution < -0.4 is 0 Å². The lowest BCUT2D eigenvalue weighted by Crippen LogP contribution is -2.73. The molecule has 3 aliphatic carbocycles. The van der Waals surface area contributed by atoms with Gasteiger partial charge in [-0.1, -0.05) is 57.7 Å². The van der Waals surface area contributed by atoms with Crippen LogP contribution in [0.15, 0.2) is 48.6 Å². The molecule has 3 saturated carbocycles. The molecule has 1 heterocycles. The Hall–Kier alpha value is -4.32. The Morgan fingerprint density at radius 2 is 1.39 bits per heavy atom. The van der Waals surface area contributed by atoms with Crippen molar-refractivity contribution in [3.63, 3.8) is 0 Å². The first-order valence-electron chi connectivity index (χ1n) is 16.4. The van der Waals surface area contributed by atoms with Crippen LogP contribution in [0.2, 0.25) is 0 Å². The predicted octanol–water partition coefficient (Wildman–Crippen LogP) is 4.08. The summed E-state index contributed by atoms with van der Waals surface area (Å²) in [6.45, 7) is 16.1. The Bertz CT molecular complexity index is 1610. The summed E-state index contributed by atoms with van der Waals surface area (Å²) in [7, 11) is 0. The number of hydrogen-bond donors (Lipinski definition) is 0. The molecule has 0 unspecified atom stereocenters. The molecule has 49 heavy (non-hydrogen) atoms. The molecule has 1 saturated heterocycles. The highest BCUT2D eigenvalue weighted by molar-refractivity contribution is 5.94. The number of epoxide rings is 1. The number of ketones is 1. The van der Waals surface area contributed by atoms with Crippen molar-refractivity contribution in [2.75, 3.05) is 0 Å². The lowest BCUT2D eigenvalue weighted by Gasteiger charge is -2.61. The van der Waals surface area contributed by atoms with Gasteiger partial charge in [0.25, 0.3) is 0 Å². The summed E-state index contributed by atoms with van der Waals surface area (Å²) in [5, 5.41) is 0. The number of hydrogen-bond acceptors (Lipinski definition) is 12. The summed E-state index contributed by atoms with van der Waals surface area (Å²) >= 11 is 0. The molecule has 0 aromatic heterocycles. The highest BCUT2D eigenvalue weighted by atomic mass is 16.7. The molecular weight excluding hydrogens is 636 g/mol. The van der Waals surface area contributed by atoms with E-state index in [2.05, 4.69) is 6.58 Å². The van der Waals surface area contributed by atoms with Crippen molar-refractivity contribution in [1.82, 2.24) is 0 Å². The van der Waals surface area contributed by atoms with Crippen molar-refractivity contribution in [3.05, 3.63) is 54.1 Å². The van der Waals surface area contributed by atoms with Crippen LogP contribution in [0.25, 0.3) is 6.08 Å². The Morgan fingerprint density at radius 3 is 1.96 bits per heavy atom. The van der Waals surface area contributed by atoms with E-state index in [9.17, 15) is 28.8 Å². The quantitative estimate of drug-likeness (QED) is 0.134. The van der Waals surface area contributed by atoms with Crippen molar-refractivity contribution in [3.8, 4) is 0 Å². The van der Waals surface area contributed by atoms with Crippen LogP contribution in [0.3, 0.4) is 0 Å². The molecule has 10 atom stereocenters. The maximum atomic E-state index is 14.0. The first-order chi connectivity index (χ1) is 22.8. The monoisotopic (exact) mass is 680 g/mol. The van der Waals surface area contributed by atoms with Gasteiger partial charge in [0.15, 0.2) is 29.2 Å². The van der Waals surface area contributed by atoms with Gasteiger partial charge >= 0.3 is 29.8 Å². The predicted molar refractivity (Wildman–Crippen MR) is 172 cm³/mol. The molecule has 0 amide bonds. The molecule has 12 heteroatoms. The number of ether oxygens (including phenoxy) is 6. The summed E-state index contributed by atoms with van der Waals surface area (Å²) < 4.78 is 36.6.